The molecule has 2 rings (SSSR count). The fraction of sp³-hybridized carbons (Fsp3) is 0.471. The Morgan fingerprint density at radius 1 is 1.36 bits per heavy atom. The summed E-state index contributed by atoms with van der Waals surface area (Å²) in [7, 11) is 3.76. The molecule has 1 aromatic heterocycles. The minimum Gasteiger partial charge on any atom is -0.492 e. The Kier molecular flexibility index (Phi) is 7.53. The Bertz CT molecular complexity index is 670. The van der Waals surface area contributed by atoms with Crippen LogP contribution in [-0.4, -0.2) is 59.4 Å². The standard InChI is InChI=1S/C17H25ClN6O/c1-4-16-22-21-13-24(16)10-9-20-17(19-2)23(3)11-12-25-15-7-5-14(18)6-8-15/h5-8,13H,4,9-12H2,1-3H3,(H,19,20). The van der Waals surface area contributed by atoms with Crippen LogP contribution in [0.4, 0.5) is 0 Å². The van der Waals surface area contributed by atoms with Gasteiger partial charge in [0, 0.05) is 38.6 Å². The van der Waals surface area contributed by atoms with Crippen LogP contribution in [0.5, 0.6) is 5.75 Å². The molecular weight excluding hydrogens is 340 g/mol. The van der Waals surface area contributed by atoms with Gasteiger partial charge >= 0.3 is 0 Å². The lowest BCUT2D eigenvalue weighted by atomic mass is 10.3. The maximum absolute atomic E-state index is 5.86. The lowest BCUT2D eigenvalue weighted by Crippen LogP contribution is -2.42. The average molecular weight is 365 g/mol. The van der Waals surface area contributed by atoms with Crippen LogP contribution in [-0.2, 0) is 13.0 Å². The molecule has 0 aliphatic heterocycles. The largest absolute Gasteiger partial charge is 0.492 e. The van der Waals surface area contributed by atoms with Gasteiger partial charge in [-0.15, -0.1) is 10.2 Å². The highest BCUT2D eigenvalue weighted by atomic mass is 35.5. The zero-order chi connectivity index (χ0) is 18.1. The summed E-state index contributed by atoms with van der Waals surface area (Å²) in [6.07, 6.45) is 2.63. The molecule has 0 amide bonds. The molecule has 7 nitrogen and oxygen atoms in total. The van der Waals surface area contributed by atoms with E-state index in [0.717, 1.165) is 43.6 Å². The summed E-state index contributed by atoms with van der Waals surface area (Å²) in [6.45, 7) is 4.89. The number of likely N-dealkylation sites (N-methyl/N-ethyl adjacent to an activating group) is 1. The number of hydrogen-bond acceptors (Lipinski definition) is 4. The van der Waals surface area contributed by atoms with Gasteiger partial charge < -0.3 is 19.5 Å². The van der Waals surface area contributed by atoms with Crippen molar-refractivity contribution in [3.63, 3.8) is 0 Å². The molecule has 0 fully saturated rings. The van der Waals surface area contributed by atoms with Gasteiger partial charge in [-0.25, -0.2) is 0 Å². The number of nitrogens with one attached hydrogen (secondary N) is 1. The molecule has 0 saturated carbocycles. The number of aryl methyl sites for hydroxylation is 1. The summed E-state index contributed by atoms with van der Waals surface area (Å²) >= 11 is 5.86. The van der Waals surface area contributed by atoms with E-state index >= 15 is 0 Å². The van der Waals surface area contributed by atoms with Crippen LogP contribution in [0.25, 0.3) is 0 Å². The van der Waals surface area contributed by atoms with E-state index in [2.05, 4.69) is 27.4 Å². The van der Waals surface area contributed by atoms with Crippen molar-refractivity contribution in [1.82, 2.24) is 25.0 Å². The third-order valence-corrected chi connectivity index (χ3v) is 3.98. The molecular formula is C17H25ClN6O. The Morgan fingerprint density at radius 3 is 2.80 bits per heavy atom. The number of benzene rings is 1. The average Bonchev–Trinajstić information content (AvgIpc) is 3.08. The first kappa shape index (κ1) is 19.1. The van der Waals surface area contributed by atoms with Gasteiger partial charge in [-0.3, -0.25) is 4.99 Å². The molecule has 136 valence electrons. The minimum absolute atomic E-state index is 0.560. The highest BCUT2D eigenvalue weighted by Gasteiger charge is 2.07. The third kappa shape index (κ3) is 5.94. The summed E-state index contributed by atoms with van der Waals surface area (Å²) in [5.74, 6) is 2.62. The van der Waals surface area contributed by atoms with E-state index in [4.69, 9.17) is 16.3 Å². The predicted molar refractivity (Wildman–Crippen MR) is 100 cm³/mol. The number of halogens is 1. The Labute approximate surface area is 153 Å². The summed E-state index contributed by atoms with van der Waals surface area (Å²) < 4.78 is 7.76. The maximum atomic E-state index is 5.86. The van der Waals surface area contributed by atoms with Crippen molar-refractivity contribution in [3.05, 3.63) is 41.4 Å². The van der Waals surface area contributed by atoms with Crippen molar-refractivity contribution < 1.29 is 4.74 Å². The number of aliphatic imine (C=N–C) groups is 1. The van der Waals surface area contributed by atoms with Crippen LogP contribution in [0.2, 0.25) is 5.02 Å². The summed E-state index contributed by atoms with van der Waals surface area (Å²) in [5.41, 5.74) is 0. The van der Waals surface area contributed by atoms with Gasteiger partial charge in [0.25, 0.3) is 0 Å². The zero-order valence-electron chi connectivity index (χ0n) is 14.9. The molecule has 1 heterocycles. The van der Waals surface area contributed by atoms with Crippen LogP contribution in [0.3, 0.4) is 0 Å². The molecule has 0 aliphatic carbocycles. The minimum atomic E-state index is 0.560. The van der Waals surface area contributed by atoms with Crippen molar-refractivity contribution in [2.24, 2.45) is 4.99 Å². The molecule has 0 bridgehead atoms. The fourth-order valence-corrected chi connectivity index (χ4v) is 2.48. The predicted octanol–water partition coefficient (Wildman–Crippen LogP) is 2.08. The van der Waals surface area contributed by atoms with Crippen molar-refractivity contribution in [1.29, 1.82) is 0 Å². The van der Waals surface area contributed by atoms with E-state index in [0.29, 0.717) is 11.6 Å². The van der Waals surface area contributed by atoms with E-state index < -0.39 is 0 Å². The first-order chi connectivity index (χ1) is 12.1. The molecule has 8 heteroatoms. The van der Waals surface area contributed by atoms with Crippen LogP contribution in [0.1, 0.15) is 12.7 Å². The molecule has 0 aliphatic rings. The Morgan fingerprint density at radius 2 is 2.12 bits per heavy atom. The van der Waals surface area contributed by atoms with Crippen molar-refractivity contribution in [2.75, 3.05) is 33.8 Å². The molecule has 0 saturated heterocycles. The van der Waals surface area contributed by atoms with Crippen LogP contribution in [0.15, 0.2) is 35.6 Å². The monoisotopic (exact) mass is 364 g/mol. The molecule has 25 heavy (non-hydrogen) atoms. The highest BCUT2D eigenvalue weighted by Crippen LogP contribution is 2.15. The molecule has 0 atom stereocenters. The number of ether oxygens (including phenoxy) is 1. The smallest absolute Gasteiger partial charge is 0.193 e. The van der Waals surface area contributed by atoms with Crippen LogP contribution >= 0.6 is 11.6 Å². The molecule has 0 radical (unpaired) electrons. The first-order valence-electron chi connectivity index (χ1n) is 8.31. The van der Waals surface area contributed by atoms with Gasteiger partial charge in [-0.2, -0.15) is 0 Å². The van der Waals surface area contributed by atoms with Gasteiger partial charge in [0.05, 0.1) is 6.54 Å². The third-order valence-electron chi connectivity index (χ3n) is 3.73. The zero-order valence-corrected chi connectivity index (χ0v) is 15.7. The topological polar surface area (TPSA) is 67.6 Å². The van der Waals surface area contributed by atoms with E-state index in [-0.39, 0.29) is 0 Å². The highest BCUT2D eigenvalue weighted by molar-refractivity contribution is 6.30. The lowest BCUT2D eigenvalue weighted by molar-refractivity contribution is 0.281. The van der Waals surface area contributed by atoms with E-state index in [9.17, 15) is 0 Å². The van der Waals surface area contributed by atoms with E-state index in [1.54, 1.807) is 13.4 Å². The van der Waals surface area contributed by atoms with Crippen molar-refractivity contribution >= 4 is 17.6 Å². The van der Waals surface area contributed by atoms with Gasteiger partial charge in [-0.1, -0.05) is 18.5 Å². The van der Waals surface area contributed by atoms with Crippen LogP contribution in [0, 0.1) is 0 Å². The number of hydrogen-bond donors (Lipinski definition) is 1. The lowest BCUT2D eigenvalue weighted by Gasteiger charge is -2.22. The molecule has 0 spiro atoms. The number of nitrogens with zero attached hydrogens (tertiary/aromatic N) is 5. The quantitative estimate of drug-likeness (QED) is 0.573. The van der Waals surface area contributed by atoms with Gasteiger partial charge in [0.2, 0.25) is 0 Å². The van der Waals surface area contributed by atoms with E-state index in [1.807, 2.05) is 40.8 Å². The second-order valence-corrected chi connectivity index (χ2v) is 5.93. The molecule has 1 aromatic carbocycles. The summed E-state index contributed by atoms with van der Waals surface area (Å²) in [5, 5.41) is 12.1. The summed E-state index contributed by atoms with van der Waals surface area (Å²) in [4.78, 5) is 6.34. The molecule has 2 aromatic rings. The van der Waals surface area contributed by atoms with Crippen molar-refractivity contribution in [2.45, 2.75) is 19.9 Å². The first-order valence-corrected chi connectivity index (χ1v) is 8.68. The van der Waals surface area contributed by atoms with Crippen molar-refractivity contribution in [3.8, 4) is 5.75 Å². The van der Waals surface area contributed by atoms with E-state index in [1.165, 1.54) is 0 Å². The number of guanidine groups is 1. The fourth-order valence-electron chi connectivity index (χ4n) is 2.35. The second kappa shape index (κ2) is 9.88. The number of rotatable bonds is 8. The number of aromatic nitrogens is 3. The Balaban J connectivity index is 1.72. The maximum Gasteiger partial charge on any atom is 0.193 e. The van der Waals surface area contributed by atoms with Crippen LogP contribution < -0.4 is 10.1 Å². The summed E-state index contributed by atoms with van der Waals surface area (Å²) in [6, 6.07) is 7.35. The Hall–Kier alpha value is -2.28. The van der Waals surface area contributed by atoms with Gasteiger partial charge in [0.15, 0.2) is 5.96 Å². The van der Waals surface area contributed by atoms with Gasteiger partial charge in [-0.05, 0) is 24.3 Å². The van der Waals surface area contributed by atoms with Gasteiger partial charge in [0.1, 0.15) is 24.5 Å². The second-order valence-electron chi connectivity index (χ2n) is 5.49. The SMILES string of the molecule is CCc1nncn1CCNC(=NC)N(C)CCOc1ccc(Cl)cc1. The molecule has 0 unspecified atom stereocenters. The molecule has 1 N–H and O–H groups in total. The normalized spacial score (nSPS) is 11.4.